The van der Waals surface area contributed by atoms with Crippen molar-refractivity contribution in [2.24, 2.45) is 0 Å². The third-order valence-electron chi connectivity index (χ3n) is 3.37. The zero-order valence-electron chi connectivity index (χ0n) is 10.1. The SMILES string of the molecule is O=C(Nc1ccc2nc[nH]c2c1)NC1CCCC1. The van der Waals surface area contributed by atoms with E-state index >= 15 is 0 Å². The lowest BCUT2D eigenvalue weighted by molar-refractivity contribution is 0.248. The molecular formula is C13H16N4O. The Hall–Kier alpha value is -2.04. The second-order valence-electron chi connectivity index (χ2n) is 4.71. The molecule has 5 heteroatoms. The van der Waals surface area contributed by atoms with Gasteiger partial charge in [0, 0.05) is 11.7 Å². The van der Waals surface area contributed by atoms with Crippen molar-refractivity contribution in [3.8, 4) is 0 Å². The van der Waals surface area contributed by atoms with E-state index in [1.165, 1.54) is 12.8 Å². The smallest absolute Gasteiger partial charge is 0.319 e. The molecule has 3 N–H and O–H groups in total. The van der Waals surface area contributed by atoms with Crippen molar-refractivity contribution in [1.82, 2.24) is 15.3 Å². The lowest BCUT2D eigenvalue weighted by atomic mass is 10.2. The lowest BCUT2D eigenvalue weighted by Crippen LogP contribution is -2.36. The molecule has 3 rings (SSSR count). The molecule has 0 unspecified atom stereocenters. The fourth-order valence-electron chi connectivity index (χ4n) is 2.44. The van der Waals surface area contributed by atoms with Crippen LogP contribution in [0.5, 0.6) is 0 Å². The second kappa shape index (κ2) is 4.68. The van der Waals surface area contributed by atoms with Crippen molar-refractivity contribution in [1.29, 1.82) is 0 Å². The Balaban J connectivity index is 1.65. The van der Waals surface area contributed by atoms with Crippen LogP contribution in [-0.2, 0) is 0 Å². The van der Waals surface area contributed by atoms with Gasteiger partial charge in [-0.1, -0.05) is 12.8 Å². The van der Waals surface area contributed by atoms with Gasteiger partial charge in [-0.3, -0.25) is 0 Å². The van der Waals surface area contributed by atoms with E-state index in [1.54, 1.807) is 6.33 Å². The average molecular weight is 244 g/mol. The number of carbonyl (C=O) groups is 1. The molecule has 0 radical (unpaired) electrons. The summed E-state index contributed by atoms with van der Waals surface area (Å²) >= 11 is 0. The van der Waals surface area contributed by atoms with E-state index in [9.17, 15) is 4.79 Å². The highest BCUT2D eigenvalue weighted by molar-refractivity contribution is 5.91. The minimum absolute atomic E-state index is 0.124. The van der Waals surface area contributed by atoms with Gasteiger partial charge in [0.2, 0.25) is 0 Å². The van der Waals surface area contributed by atoms with E-state index in [1.807, 2.05) is 18.2 Å². The predicted molar refractivity (Wildman–Crippen MR) is 70.5 cm³/mol. The highest BCUT2D eigenvalue weighted by Gasteiger charge is 2.16. The molecule has 5 nitrogen and oxygen atoms in total. The van der Waals surface area contributed by atoms with Crippen molar-refractivity contribution in [2.75, 3.05) is 5.32 Å². The summed E-state index contributed by atoms with van der Waals surface area (Å²) < 4.78 is 0. The van der Waals surface area contributed by atoms with E-state index in [0.29, 0.717) is 6.04 Å². The molecule has 94 valence electrons. The number of urea groups is 1. The number of fused-ring (bicyclic) bond motifs is 1. The largest absolute Gasteiger partial charge is 0.345 e. The number of nitrogens with zero attached hydrogens (tertiary/aromatic N) is 1. The van der Waals surface area contributed by atoms with Gasteiger partial charge >= 0.3 is 6.03 Å². The fraction of sp³-hybridized carbons (Fsp3) is 0.385. The third kappa shape index (κ3) is 2.30. The number of carbonyl (C=O) groups excluding carboxylic acids is 1. The Morgan fingerprint density at radius 2 is 2.17 bits per heavy atom. The number of nitrogens with one attached hydrogen (secondary N) is 3. The number of rotatable bonds is 2. The summed E-state index contributed by atoms with van der Waals surface area (Å²) in [4.78, 5) is 19.0. The van der Waals surface area contributed by atoms with Crippen molar-refractivity contribution in [2.45, 2.75) is 31.7 Å². The normalized spacial score (nSPS) is 16.0. The first-order chi connectivity index (χ1) is 8.81. The molecule has 1 saturated carbocycles. The fourth-order valence-corrected chi connectivity index (χ4v) is 2.44. The van der Waals surface area contributed by atoms with E-state index in [2.05, 4.69) is 20.6 Å². The summed E-state index contributed by atoms with van der Waals surface area (Å²) in [7, 11) is 0. The molecule has 0 bridgehead atoms. The molecule has 18 heavy (non-hydrogen) atoms. The monoisotopic (exact) mass is 244 g/mol. The molecule has 0 atom stereocenters. The highest BCUT2D eigenvalue weighted by atomic mass is 16.2. The van der Waals surface area contributed by atoms with Gasteiger partial charge in [-0.25, -0.2) is 9.78 Å². The first-order valence-corrected chi connectivity index (χ1v) is 6.32. The maximum atomic E-state index is 11.8. The van der Waals surface area contributed by atoms with E-state index in [0.717, 1.165) is 29.6 Å². The zero-order chi connectivity index (χ0) is 12.4. The quantitative estimate of drug-likeness (QED) is 0.760. The van der Waals surface area contributed by atoms with Gasteiger partial charge in [-0.05, 0) is 31.0 Å². The first-order valence-electron chi connectivity index (χ1n) is 6.32. The molecule has 1 heterocycles. The zero-order valence-corrected chi connectivity index (χ0v) is 10.1. The third-order valence-corrected chi connectivity index (χ3v) is 3.37. The van der Waals surface area contributed by atoms with Gasteiger partial charge < -0.3 is 15.6 Å². The van der Waals surface area contributed by atoms with Crippen LogP contribution in [0.15, 0.2) is 24.5 Å². The Morgan fingerprint density at radius 1 is 1.33 bits per heavy atom. The Labute approximate surface area is 105 Å². The summed E-state index contributed by atoms with van der Waals surface area (Å²) in [6.07, 6.45) is 6.25. The predicted octanol–water partition coefficient (Wildman–Crippen LogP) is 2.63. The van der Waals surface area contributed by atoms with Crippen LogP contribution < -0.4 is 10.6 Å². The van der Waals surface area contributed by atoms with E-state index in [-0.39, 0.29) is 6.03 Å². The van der Waals surface area contributed by atoms with Crippen LogP contribution in [0.3, 0.4) is 0 Å². The van der Waals surface area contributed by atoms with Gasteiger partial charge in [0.25, 0.3) is 0 Å². The molecule has 1 aromatic carbocycles. The van der Waals surface area contributed by atoms with Crippen LogP contribution in [0.25, 0.3) is 11.0 Å². The van der Waals surface area contributed by atoms with Crippen molar-refractivity contribution in [3.63, 3.8) is 0 Å². The Kier molecular flexibility index (Phi) is 2.88. The van der Waals surface area contributed by atoms with Crippen LogP contribution in [0.1, 0.15) is 25.7 Å². The minimum Gasteiger partial charge on any atom is -0.345 e. The van der Waals surface area contributed by atoms with Crippen LogP contribution in [-0.4, -0.2) is 22.0 Å². The number of anilines is 1. The van der Waals surface area contributed by atoms with Gasteiger partial charge in [-0.2, -0.15) is 0 Å². The lowest BCUT2D eigenvalue weighted by Gasteiger charge is -2.12. The van der Waals surface area contributed by atoms with Crippen LogP contribution in [0.4, 0.5) is 10.5 Å². The summed E-state index contributed by atoms with van der Waals surface area (Å²) in [5, 5.41) is 5.85. The number of amides is 2. The van der Waals surface area contributed by atoms with E-state index in [4.69, 9.17) is 0 Å². The molecule has 1 fully saturated rings. The maximum Gasteiger partial charge on any atom is 0.319 e. The summed E-state index contributed by atoms with van der Waals surface area (Å²) in [6, 6.07) is 5.84. The second-order valence-corrected chi connectivity index (χ2v) is 4.71. The number of aromatic amines is 1. The number of hydrogen-bond acceptors (Lipinski definition) is 2. The molecular weight excluding hydrogens is 228 g/mol. The van der Waals surface area contributed by atoms with Crippen molar-refractivity contribution in [3.05, 3.63) is 24.5 Å². The average Bonchev–Trinajstić information content (AvgIpc) is 2.98. The molecule has 0 saturated heterocycles. The molecule has 1 aliphatic rings. The van der Waals surface area contributed by atoms with Crippen LogP contribution in [0.2, 0.25) is 0 Å². The molecule has 2 aromatic rings. The first kappa shape index (κ1) is 11.1. The molecule has 1 aromatic heterocycles. The van der Waals surface area contributed by atoms with Gasteiger partial charge in [0.05, 0.1) is 17.4 Å². The highest BCUT2D eigenvalue weighted by Crippen LogP contribution is 2.18. The van der Waals surface area contributed by atoms with Gasteiger partial charge in [0.1, 0.15) is 0 Å². The van der Waals surface area contributed by atoms with Gasteiger partial charge in [0.15, 0.2) is 0 Å². The molecule has 1 aliphatic carbocycles. The number of aromatic nitrogens is 2. The molecule has 0 aliphatic heterocycles. The Bertz CT molecular complexity index is 557. The van der Waals surface area contributed by atoms with Crippen LogP contribution >= 0.6 is 0 Å². The summed E-state index contributed by atoms with van der Waals surface area (Å²) in [6.45, 7) is 0. The minimum atomic E-state index is -0.124. The molecule has 0 spiro atoms. The molecule has 2 amide bonds. The number of hydrogen-bond donors (Lipinski definition) is 3. The number of benzene rings is 1. The topological polar surface area (TPSA) is 69.8 Å². The van der Waals surface area contributed by atoms with Crippen LogP contribution in [0, 0.1) is 0 Å². The number of imidazole rings is 1. The standard InChI is InChI=1S/C13H16N4O/c18-13(16-9-3-1-2-4-9)17-10-5-6-11-12(7-10)15-8-14-11/h5-9H,1-4H2,(H,14,15)(H2,16,17,18). The van der Waals surface area contributed by atoms with E-state index < -0.39 is 0 Å². The van der Waals surface area contributed by atoms with Crippen molar-refractivity contribution >= 4 is 22.8 Å². The van der Waals surface area contributed by atoms with Gasteiger partial charge in [-0.15, -0.1) is 0 Å². The summed E-state index contributed by atoms with van der Waals surface area (Å²) in [5.74, 6) is 0. The maximum absolute atomic E-state index is 11.8. The van der Waals surface area contributed by atoms with Crippen molar-refractivity contribution < 1.29 is 4.79 Å². The Morgan fingerprint density at radius 3 is 3.00 bits per heavy atom. The summed E-state index contributed by atoms with van der Waals surface area (Å²) in [5.41, 5.74) is 2.60. The number of H-pyrrole nitrogens is 1.